The quantitative estimate of drug-likeness (QED) is 0.733. The zero-order valence-corrected chi connectivity index (χ0v) is 15.4. The van der Waals surface area contributed by atoms with Crippen molar-refractivity contribution in [3.63, 3.8) is 0 Å². The number of amides is 1. The highest BCUT2D eigenvalue weighted by Gasteiger charge is 2.29. The van der Waals surface area contributed by atoms with Gasteiger partial charge in [-0.25, -0.2) is 4.98 Å². The number of thiazole rings is 1. The summed E-state index contributed by atoms with van der Waals surface area (Å²) in [4.78, 5) is 17.7. The van der Waals surface area contributed by atoms with Crippen molar-refractivity contribution in [2.75, 3.05) is 13.2 Å². The van der Waals surface area contributed by atoms with Crippen molar-refractivity contribution >= 4 is 22.2 Å². The Kier molecular flexibility index (Phi) is 4.75. The second-order valence-corrected chi connectivity index (χ2v) is 7.19. The summed E-state index contributed by atoms with van der Waals surface area (Å²) in [5.74, 6) is 0.552. The van der Waals surface area contributed by atoms with Gasteiger partial charge in [0.1, 0.15) is 17.6 Å². The second-order valence-electron chi connectivity index (χ2n) is 6.31. The van der Waals surface area contributed by atoms with Crippen LogP contribution in [-0.4, -0.2) is 45.8 Å². The average Bonchev–Trinajstić information content (AvgIpc) is 3.30. The molecule has 9 heteroatoms. The molecule has 1 saturated heterocycles. The maximum Gasteiger partial charge on any atom is 0.271 e. The first-order chi connectivity index (χ1) is 12.6. The minimum absolute atomic E-state index is 0.128. The van der Waals surface area contributed by atoms with Crippen LogP contribution in [0.25, 0.3) is 4.96 Å². The van der Waals surface area contributed by atoms with Gasteiger partial charge >= 0.3 is 0 Å². The van der Waals surface area contributed by atoms with Gasteiger partial charge in [0.2, 0.25) is 0 Å². The van der Waals surface area contributed by atoms with E-state index in [2.05, 4.69) is 15.5 Å². The van der Waals surface area contributed by atoms with E-state index in [4.69, 9.17) is 14.0 Å². The van der Waals surface area contributed by atoms with Crippen LogP contribution in [-0.2, 0) is 16.1 Å². The third-order valence-electron chi connectivity index (χ3n) is 4.57. The smallest absolute Gasteiger partial charge is 0.271 e. The van der Waals surface area contributed by atoms with Crippen molar-refractivity contribution in [1.29, 1.82) is 0 Å². The van der Waals surface area contributed by atoms with E-state index in [0.717, 1.165) is 22.0 Å². The van der Waals surface area contributed by atoms with Gasteiger partial charge in [0.15, 0.2) is 4.96 Å². The van der Waals surface area contributed by atoms with Crippen molar-refractivity contribution in [2.24, 2.45) is 0 Å². The van der Waals surface area contributed by atoms with Crippen LogP contribution in [0.2, 0.25) is 0 Å². The molecule has 2 atom stereocenters. The molecule has 3 aromatic rings. The van der Waals surface area contributed by atoms with Crippen LogP contribution in [0.5, 0.6) is 0 Å². The van der Waals surface area contributed by atoms with Crippen molar-refractivity contribution in [1.82, 2.24) is 19.9 Å². The number of ether oxygens (including phenoxy) is 2. The van der Waals surface area contributed by atoms with E-state index in [-0.39, 0.29) is 18.1 Å². The van der Waals surface area contributed by atoms with Crippen LogP contribution < -0.4 is 5.32 Å². The molecule has 0 aromatic carbocycles. The largest absolute Gasteiger partial charge is 0.379 e. The Morgan fingerprint density at radius 1 is 1.50 bits per heavy atom. The SMILES string of the molecule is Cc1noc(C)c1CO[C@@H]1COCC[C@H]1NC(=O)c1cn2ccsc2n1. The number of carbonyl (C=O) groups is 1. The van der Waals surface area contributed by atoms with E-state index < -0.39 is 0 Å². The molecule has 8 nitrogen and oxygen atoms in total. The number of nitrogens with zero attached hydrogens (tertiary/aromatic N) is 3. The van der Waals surface area contributed by atoms with Crippen LogP contribution in [0.4, 0.5) is 0 Å². The van der Waals surface area contributed by atoms with E-state index >= 15 is 0 Å². The van der Waals surface area contributed by atoms with Gasteiger partial charge in [-0.3, -0.25) is 9.20 Å². The van der Waals surface area contributed by atoms with Crippen LogP contribution in [0, 0.1) is 13.8 Å². The van der Waals surface area contributed by atoms with E-state index in [1.165, 1.54) is 11.3 Å². The van der Waals surface area contributed by atoms with E-state index in [1.807, 2.05) is 29.8 Å². The van der Waals surface area contributed by atoms with Gasteiger partial charge < -0.3 is 19.3 Å². The average molecular weight is 376 g/mol. The van der Waals surface area contributed by atoms with Crippen LogP contribution >= 0.6 is 11.3 Å². The standard InChI is InChI=1S/C17H20N4O4S/c1-10-12(11(2)25-20-10)8-24-15-9-23-5-3-13(15)18-16(22)14-7-21-4-6-26-17(21)19-14/h4,6-7,13,15H,3,5,8-9H2,1-2H3,(H,18,22)/t13-,15-/m1/s1. The molecule has 1 fully saturated rings. The zero-order valence-electron chi connectivity index (χ0n) is 14.6. The molecule has 0 aliphatic carbocycles. The Labute approximate surface area is 154 Å². The third kappa shape index (κ3) is 3.37. The molecule has 1 aliphatic heterocycles. The Balaban J connectivity index is 1.41. The Morgan fingerprint density at radius 3 is 3.15 bits per heavy atom. The van der Waals surface area contributed by atoms with Gasteiger partial charge in [-0.1, -0.05) is 5.16 Å². The molecule has 1 amide bonds. The fourth-order valence-electron chi connectivity index (χ4n) is 3.02. The van der Waals surface area contributed by atoms with Crippen LogP contribution in [0.15, 0.2) is 22.3 Å². The molecule has 4 rings (SSSR count). The predicted octanol–water partition coefficient (Wildman–Crippen LogP) is 2.10. The minimum atomic E-state index is -0.231. The molecule has 3 aromatic heterocycles. The number of imidazole rings is 1. The van der Waals surface area contributed by atoms with Gasteiger partial charge in [0, 0.05) is 29.9 Å². The Hall–Kier alpha value is -2.23. The fraction of sp³-hybridized carbons (Fsp3) is 0.471. The Bertz CT molecular complexity index is 867. The molecule has 138 valence electrons. The molecule has 1 N–H and O–H groups in total. The number of fused-ring (bicyclic) bond motifs is 1. The lowest BCUT2D eigenvalue weighted by Crippen LogP contribution is -2.50. The monoisotopic (exact) mass is 376 g/mol. The molecule has 0 radical (unpaired) electrons. The number of carbonyl (C=O) groups excluding carboxylic acids is 1. The van der Waals surface area contributed by atoms with Gasteiger partial charge in [0.25, 0.3) is 5.91 Å². The van der Waals surface area contributed by atoms with Gasteiger partial charge in [-0.15, -0.1) is 11.3 Å². The molecule has 26 heavy (non-hydrogen) atoms. The predicted molar refractivity (Wildman–Crippen MR) is 94.3 cm³/mol. The molecular formula is C17H20N4O4S. The molecule has 0 unspecified atom stereocenters. The number of aryl methyl sites for hydroxylation is 2. The molecule has 0 spiro atoms. The highest BCUT2D eigenvalue weighted by Crippen LogP contribution is 2.19. The summed E-state index contributed by atoms with van der Waals surface area (Å²) in [7, 11) is 0. The van der Waals surface area contributed by atoms with Gasteiger partial charge in [-0.05, 0) is 20.3 Å². The van der Waals surface area contributed by atoms with Gasteiger partial charge in [0.05, 0.1) is 24.9 Å². The van der Waals surface area contributed by atoms with Crippen molar-refractivity contribution in [3.05, 3.63) is 40.5 Å². The number of aromatic nitrogens is 3. The topological polar surface area (TPSA) is 90.9 Å². The van der Waals surface area contributed by atoms with Crippen LogP contribution in [0.1, 0.15) is 33.9 Å². The van der Waals surface area contributed by atoms with Crippen molar-refractivity contribution in [3.8, 4) is 0 Å². The number of nitrogens with one attached hydrogen (secondary N) is 1. The third-order valence-corrected chi connectivity index (χ3v) is 5.34. The summed E-state index contributed by atoms with van der Waals surface area (Å²) in [6.45, 7) is 5.15. The lowest BCUT2D eigenvalue weighted by Gasteiger charge is -2.31. The molecule has 0 bridgehead atoms. The fourth-order valence-corrected chi connectivity index (χ4v) is 3.72. The lowest BCUT2D eigenvalue weighted by atomic mass is 10.1. The Morgan fingerprint density at radius 2 is 2.38 bits per heavy atom. The maximum absolute atomic E-state index is 12.6. The minimum Gasteiger partial charge on any atom is -0.379 e. The molecular weight excluding hydrogens is 356 g/mol. The molecule has 0 saturated carbocycles. The van der Waals surface area contributed by atoms with Crippen molar-refractivity contribution < 1.29 is 18.8 Å². The normalized spacial score (nSPS) is 20.5. The summed E-state index contributed by atoms with van der Waals surface area (Å²) in [5.41, 5.74) is 2.17. The summed E-state index contributed by atoms with van der Waals surface area (Å²) in [6.07, 6.45) is 4.08. The second kappa shape index (κ2) is 7.18. The first-order valence-corrected chi connectivity index (χ1v) is 9.34. The van der Waals surface area contributed by atoms with E-state index in [1.54, 1.807) is 6.20 Å². The lowest BCUT2D eigenvalue weighted by molar-refractivity contribution is -0.0739. The number of hydrogen-bond donors (Lipinski definition) is 1. The highest BCUT2D eigenvalue weighted by atomic mass is 32.1. The molecule has 4 heterocycles. The van der Waals surface area contributed by atoms with E-state index in [0.29, 0.717) is 31.9 Å². The summed E-state index contributed by atoms with van der Waals surface area (Å²) in [6, 6.07) is -0.128. The number of rotatable bonds is 5. The highest BCUT2D eigenvalue weighted by molar-refractivity contribution is 7.15. The number of hydrogen-bond acceptors (Lipinski definition) is 7. The maximum atomic E-state index is 12.6. The first-order valence-electron chi connectivity index (χ1n) is 8.46. The zero-order chi connectivity index (χ0) is 18.1. The van der Waals surface area contributed by atoms with Crippen molar-refractivity contribution in [2.45, 2.75) is 39.0 Å². The summed E-state index contributed by atoms with van der Waals surface area (Å²) in [5, 5.41) is 8.91. The molecule has 1 aliphatic rings. The summed E-state index contributed by atoms with van der Waals surface area (Å²) < 4.78 is 18.6. The van der Waals surface area contributed by atoms with Crippen LogP contribution in [0.3, 0.4) is 0 Å². The first kappa shape index (κ1) is 17.2. The summed E-state index contributed by atoms with van der Waals surface area (Å²) >= 11 is 1.49. The van der Waals surface area contributed by atoms with E-state index in [9.17, 15) is 4.79 Å². The van der Waals surface area contributed by atoms with Gasteiger partial charge in [-0.2, -0.15) is 0 Å².